The van der Waals surface area contributed by atoms with Gasteiger partial charge in [0.05, 0.1) is 13.2 Å². The molecule has 0 aliphatic carbocycles. The van der Waals surface area contributed by atoms with Crippen LogP contribution in [0, 0.1) is 0 Å². The van der Waals surface area contributed by atoms with Gasteiger partial charge >= 0.3 is 72.8 Å². The summed E-state index contributed by atoms with van der Waals surface area (Å²) in [4.78, 5) is 72.7. The van der Waals surface area contributed by atoms with Crippen molar-refractivity contribution in [1.29, 1.82) is 0 Å². The molecule has 95 heavy (non-hydrogen) atoms. The van der Waals surface area contributed by atoms with E-state index in [0.29, 0.717) is 12.8 Å². The molecule has 0 N–H and O–H groups in total. The van der Waals surface area contributed by atoms with Gasteiger partial charge in [0.15, 0.2) is 12.2 Å². The zero-order valence-electron chi connectivity index (χ0n) is 62.0. The molecular formula is C76H144BaO16P2. The summed E-state index contributed by atoms with van der Waals surface area (Å²) in [5, 5.41) is 0. The van der Waals surface area contributed by atoms with Crippen molar-refractivity contribution in [3.8, 4) is 0 Å². The van der Waals surface area contributed by atoms with Gasteiger partial charge in [-0.25, -0.2) is 0 Å². The maximum absolute atomic E-state index is 12.4. The molecule has 556 valence electrons. The quantitative estimate of drug-likeness (QED) is 0.0138. The second-order valence-electron chi connectivity index (χ2n) is 26.1. The Morgan fingerprint density at radius 2 is 0.484 bits per heavy atom. The van der Waals surface area contributed by atoms with Gasteiger partial charge in [-0.15, -0.1) is 0 Å². The standard InChI is InChI=1S/2C38H73O8P.Ba/c2*1-4-6-8-10-12-14-16-18-19-21-23-25-27-29-31-33-38(40)46-36(35-45-47(41,42)43-3)34-44-37(39)32-30-28-26-24-22-20-17-15-13-11-9-7-5-2;/h2*18-19,36H,4-17,20-35H2,1-3H3,(H,41,42);/q;;+2/p-2/b2*19-18-;/t2*36-;/m11./s1. The van der Waals surface area contributed by atoms with E-state index in [4.69, 9.17) is 28.0 Å². The summed E-state index contributed by atoms with van der Waals surface area (Å²) < 4.78 is 63.0. The van der Waals surface area contributed by atoms with Crippen molar-refractivity contribution in [2.24, 2.45) is 0 Å². The molecule has 0 heterocycles. The monoisotopic (exact) mass is 1510 g/mol. The van der Waals surface area contributed by atoms with Crippen LogP contribution in [0.3, 0.4) is 0 Å². The summed E-state index contributed by atoms with van der Waals surface area (Å²) in [5.74, 6) is -1.68. The first kappa shape index (κ1) is 98.3. The van der Waals surface area contributed by atoms with E-state index in [1.165, 1.54) is 218 Å². The Balaban J connectivity index is -0.00000176. The Bertz CT molecular complexity index is 1710. The molecule has 2 unspecified atom stereocenters. The minimum absolute atomic E-state index is 0. The van der Waals surface area contributed by atoms with Gasteiger partial charge < -0.3 is 46.8 Å². The zero-order valence-corrected chi connectivity index (χ0v) is 68.3. The van der Waals surface area contributed by atoms with Crippen LogP contribution in [0.4, 0.5) is 0 Å². The molecule has 0 aromatic carbocycles. The van der Waals surface area contributed by atoms with Gasteiger partial charge in [0, 0.05) is 39.9 Å². The normalized spacial score (nSPS) is 13.4. The van der Waals surface area contributed by atoms with Crippen LogP contribution >= 0.6 is 15.6 Å². The number of phosphoric acid groups is 2. The number of hydrogen-bond acceptors (Lipinski definition) is 16. The molecule has 0 aliphatic rings. The molecule has 0 fully saturated rings. The van der Waals surface area contributed by atoms with Crippen molar-refractivity contribution < 1.29 is 75.1 Å². The van der Waals surface area contributed by atoms with Crippen LogP contribution in [-0.2, 0) is 65.4 Å². The average Bonchev–Trinajstić information content (AvgIpc) is 2.06. The number of ether oxygens (including phenoxy) is 4. The molecule has 0 radical (unpaired) electrons. The molecule has 19 heteroatoms. The van der Waals surface area contributed by atoms with Crippen molar-refractivity contribution in [2.75, 3.05) is 40.6 Å². The van der Waals surface area contributed by atoms with E-state index in [-0.39, 0.29) is 99.7 Å². The van der Waals surface area contributed by atoms with Crippen LogP contribution in [0.5, 0.6) is 0 Å². The van der Waals surface area contributed by atoms with Gasteiger partial charge in [-0.1, -0.05) is 309 Å². The second-order valence-corrected chi connectivity index (χ2v) is 29.1. The van der Waals surface area contributed by atoms with Gasteiger partial charge in [0.2, 0.25) is 0 Å². The Labute approximate surface area is 623 Å². The smallest absolute Gasteiger partial charge is 0.756 e. The molecule has 0 aliphatic heterocycles. The van der Waals surface area contributed by atoms with Crippen LogP contribution in [0.1, 0.15) is 387 Å². The Morgan fingerprint density at radius 3 is 0.695 bits per heavy atom. The number of phosphoric ester groups is 2. The molecule has 0 saturated heterocycles. The number of hydrogen-bond donors (Lipinski definition) is 0. The van der Waals surface area contributed by atoms with Crippen LogP contribution in [0.15, 0.2) is 24.3 Å². The predicted octanol–water partition coefficient (Wildman–Crippen LogP) is 21.8. The van der Waals surface area contributed by atoms with E-state index in [2.05, 4.69) is 61.0 Å². The third kappa shape index (κ3) is 78.7. The van der Waals surface area contributed by atoms with E-state index in [0.717, 1.165) is 117 Å². The Hall–Kier alpha value is -0.849. The number of unbranched alkanes of at least 4 members (excludes halogenated alkanes) is 46. The fourth-order valence-corrected chi connectivity index (χ4v) is 11.9. The van der Waals surface area contributed by atoms with Crippen LogP contribution in [0.2, 0.25) is 0 Å². The second kappa shape index (κ2) is 77.3. The maximum Gasteiger partial charge on any atom is 2.00 e. The van der Waals surface area contributed by atoms with E-state index < -0.39 is 53.0 Å². The molecular weight excluding hydrogens is 1370 g/mol. The summed E-state index contributed by atoms with van der Waals surface area (Å²) >= 11 is 0. The molecule has 16 nitrogen and oxygen atoms in total. The van der Waals surface area contributed by atoms with Crippen molar-refractivity contribution >= 4 is 88.4 Å². The number of rotatable bonds is 72. The molecule has 0 bridgehead atoms. The van der Waals surface area contributed by atoms with Crippen LogP contribution in [0.25, 0.3) is 0 Å². The van der Waals surface area contributed by atoms with E-state index in [1.807, 2.05) is 0 Å². The average molecular weight is 1510 g/mol. The van der Waals surface area contributed by atoms with Crippen LogP contribution < -0.4 is 9.79 Å². The van der Waals surface area contributed by atoms with Crippen molar-refractivity contribution in [2.45, 2.75) is 399 Å². The number of carbonyl (C=O) groups is 4. The summed E-state index contributed by atoms with van der Waals surface area (Å²) in [5.41, 5.74) is 0. The molecule has 0 spiro atoms. The summed E-state index contributed by atoms with van der Waals surface area (Å²) in [6.07, 6.45) is 70.4. The molecule has 4 atom stereocenters. The largest absolute Gasteiger partial charge is 2.00 e. The zero-order chi connectivity index (χ0) is 69.4. The number of carbonyl (C=O) groups excluding carboxylic acids is 4. The molecule has 0 saturated carbocycles. The Kier molecular flexibility index (Phi) is 80.0. The first-order valence-electron chi connectivity index (χ1n) is 38.7. The number of allylic oxidation sites excluding steroid dienone is 4. The first-order valence-corrected chi connectivity index (χ1v) is 41.6. The number of esters is 4. The van der Waals surface area contributed by atoms with Gasteiger partial charge in [-0.2, -0.15) is 0 Å². The van der Waals surface area contributed by atoms with Gasteiger partial charge in [-0.05, 0) is 77.0 Å². The van der Waals surface area contributed by atoms with Crippen molar-refractivity contribution in [3.63, 3.8) is 0 Å². The molecule has 0 aromatic heterocycles. The molecule has 0 aromatic rings. The summed E-state index contributed by atoms with van der Waals surface area (Å²) in [6.45, 7) is 7.56. The van der Waals surface area contributed by atoms with E-state index in [9.17, 15) is 38.1 Å². The van der Waals surface area contributed by atoms with Gasteiger partial charge in [0.25, 0.3) is 15.6 Å². The first-order chi connectivity index (χ1) is 45.7. The molecule has 0 rings (SSSR count). The van der Waals surface area contributed by atoms with E-state index in [1.54, 1.807) is 0 Å². The van der Waals surface area contributed by atoms with Crippen molar-refractivity contribution in [1.82, 2.24) is 0 Å². The van der Waals surface area contributed by atoms with Gasteiger partial charge in [0.1, 0.15) is 13.2 Å². The van der Waals surface area contributed by atoms with Crippen LogP contribution in [-0.4, -0.2) is 126 Å². The molecule has 0 amide bonds. The third-order valence-electron chi connectivity index (χ3n) is 17.0. The maximum atomic E-state index is 12.4. The van der Waals surface area contributed by atoms with E-state index >= 15 is 0 Å². The third-order valence-corrected chi connectivity index (χ3v) is 18.8. The minimum atomic E-state index is -4.50. The fraction of sp³-hybridized carbons (Fsp3) is 0.895. The van der Waals surface area contributed by atoms with Gasteiger partial charge in [-0.3, -0.25) is 28.3 Å². The topological polar surface area (TPSA) is 222 Å². The Morgan fingerprint density at radius 1 is 0.295 bits per heavy atom. The SMILES string of the molecule is CCCCCCCC/C=C\CCCCCCCC(=O)O[C@H](COC(=O)CCCCCCCCCCCCCCC)COP(=O)([O-])OC.CCCCCCCC/C=C\CCCCCCCC(=O)O[C@H](COC(=O)CCCCCCCCCCCCCCC)COP(=O)([O-])OC.[Ba+2]. The van der Waals surface area contributed by atoms with Crippen molar-refractivity contribution in [3.05, 3.63) is 24.3 Å². The summed E-state index contributed by atoms with van der Waals surface area (Å²) in [6, 6.07) is 0. The summed E-state index contributed by atoms with van der Waals surface area (Å²) in [7, 11) is -7.01. The minimum Gasteiger partial charge on any atom is -0.756 e. The predicted molar refractivity (Wildman–Crippen MR) is 388 cm³/mol. The fourth-order valence-electron chi connectivity index (χ4n) is 10.9.